The predicted molar refractivity (Wildman–Crippen MR) is 77.6 cm³/mol. The molecule has 0 saturated heterocycles. The molecule has 6 nitrogen and oxygen atoms in total. The van der Waals surface area contributed by atoms with E-state index in [1.54, 1.807) is 0 Å². The number of alkyl carbamates (subject to hydrolysis) is 1. The van der Waals surface area contributed by atoms with Crippen LogP contribution in [-0.2, 0) is 14.3 Å². The summed E-state index contributed by atoms with van der Waals surface area (Å²) in [5.41, 5.74) is -0.464. The highest BCUT2D eigenvalue weighted by molar-refractivity contribution is 5.69. The van der Waals surface area contributed by atoms with Gasteiger partial charge in [-0.1, -0.05) is 0 Å². The van der Waals surface area contributed by atoms with Gasteiger partial charge < -0.3 is 19.7 Å². The summed E-state index contributed by atoms with van der Waals surface area (Å²) < 4.78 is 9.71. The highest BCUT2D eigenvalue weighted by atomic mass is 16.6. The van der Waals surface area contributed by atoms with E-state index in [1.165, 1.54) is 7.11 Å². The van der Waals surface area contributed by atoms with Gasteiger partial charge in [-0.2, -0.15) is 0 Å². The summed E-state index contributed by atoms with van der Waals surface area (Å²) in [6, 6.07) is 0. The maximum absolute atomic E-state index is 11.4. The summed E-state index contributed by atoms with van der Waals surface area (Å²) in [5, 5.41) is 2.72. The Morgan fingerprint density at radius 2 is 1.75 bits per heavy atom. The molecule has 0 saturated carbocycles. The Hall–Kier alpha value is -1.30. The molecule has 0 aromatic carbocycles. The number of methoxy groups -OCH3 is 1. The van der Waals surface area contributed by atoms with Crippen LogP contribution in [-0.4, -0.2) is 56.4 Å². The average molecular weight is 288 g/mol. The first-order valence-electron chi connectivity index (χ1n) is 6.97. The molecule has 0 aliphatic carbocycles. The lowest BCUT2D eigenvalue weighted by Crippen LogP contribution is -2.34. The number of amides is 1. The molecule has 0 aliphatic rings. The predicted octanol–water partition coefficient (Wildman–Crippen LogP) is 1.79. The van der Waals surface area contributed by atoms with Crippen LogP contribution in [0.15, 0.2) is 0 Å². The molecule has 0 unspecified atom stereocenters. The number of nitrogens with one attached hydrogen (secondary N) is 1. The zero-order valence-corrected chi connectivity index (χ0v) is 13.3. The monoisotopic (exact) mass is 288 g/mol. The van der Waals surface area contributed by atoms with Gasteiger partial charge in [0.25, 0.3) is 0 Å². The van der Waals surface area contributed by atoms with Crippen LogP contribution in [0.4, 0.5) is 4.79 Å². The number of hydrogen-bond donors (Lipinski definition) is 1. The first-order valence-corrected chi connectivity index (χ1v) is 6.97. The van der Waals surface area contributed by atoms with Crippen LogP contribution in [0, 0.1) is 0 Å². The zero-order valence-electron chi connectivity index (χ0n) is 13.3. The minimum absolute atomic E-state index is 0.176. The van der Waals surface area contributed by atoms with Gasteiger partial charge in [-0.15, -0.1) is 0 Å². The Balaban J connectivity index is 3.55. The first-order chi connectivity index (χ1) is 9.24. The summed E-state index contributed by atoms with van der Waals surface area (Å²) >= 11 is 0. The van der Waals surface area contributed by atoms with Crippen molar-refractivity contribution < 1.29 is 19.1 Å². The number of esters is 1. The van der Waals surface area contributed by atoms with Gasteiger partial charge >= 0.3 is 12.1 Å². The molecular weight excluding hydrogens is 260 g/mol. The third-order valence-electron chi connectivity index (χ3n) is 2.53. The number of carbonyl (C=O) groups is 2. The lowest BCUT2D eigenvalue weighted by atomic mass is 10.2. The van der Waals surface area contributed by atoms with E-state index in [1.807, 2.05) is 27.8 Å². The SMILES string of the molecule is COC(=O)CCCN(C)CCCNC(=O)OC(C)(C)C. The second-order valence-corrected chi connectivity index (χ2v) is 5.77. The van der Waals surface area contributed by atoms with Gasteiger partial charge in [0.05, 0.1) is 7.11 Å². The molecule has 1 N–H and O–H groups in total. The summed E-state index contributed by atoms with van der Waals surface area (Å²) in [6.07, 6.45) is 1.68. The van der Waals surface area contributed by atoms with Crippen LogP contribution in [0.25, 0.3) is 0 Å². The van der Waals surface area contributed by atoms with Crippen molar-refractivity contribution in [1.29, 1.82) is 0 Å². The summed E-state index contributed by atoms with van der Waals surface area (Å²) in [7, 11) is 3.39. The minimum Gasteiger partial charge on any atom is -0.469 e. The van der Waals surface area contributed by atoms with Gasteiger partial charge in [-0.05, 0) is 53.8 Å². The summed E-state index contributed by atoms with van der Waals surface area (Å²) in [5.74, 6) is -0.176. The van der Waals surface area contributed by atoms with Crippen molar-refractivity contribution in [2.24, 2.45) is 0 Å². The average Bonchev–Trinajstić information content (AvgIpc) is 2.32. The summed E-state index contributed by atoms with van der Waals surface area (Å²) in [4.78, 5) is 24.5. The molecule has 0 aliphatic heterocycles. The van der Waals surface area contributed by atoms with Crippen molar-refractivity contribution >= 4 is 12.1 Å². The second kappa shape index (κ2) is 9.58. The number of ether oxygens (including phenoxy) is 2. The van der Waals surface area contributed by atoms with Gasteiger partial charge in [0, 0.05) is 13.0 Å². The molecule has 6 heteroatoms. The molecule has 0 aromatic heterocycles. The Morgan fingerprint density at radius 1 is 1.15 bits per heavy atom. The second-order valence-electron chi connectivity index (χ2n) is 5.77. The van der Waals surface area contributed by atoms with E-state index in [0.717, 1.165) is 25.9 Å². The fourth-order valence-electron chi connectivity index (χ4n) is 1.56. The molecule has 0 radical (unpaired) electrons. The normalized spacial score (nSPS) is 11.3. The number of carbonyl (C=O) groups excluding carboxylic acids is 2. The van der Waals surface area contributed by atoms with Crippen molar-refractivity contribution in [1.82, 2.24) is 10.2 Å². The lowest BCUT2D eigenvalue weighted by Gasteiger charge is -2.20. The van der Waals surface area contributed by atoms with Crippen molar-refractivity contribution in [3.63, 3.8) is 0 Å². The van der Waals surface area contributed by atoms with Gasteiger partial charge in [-0.25, -0.2) is 4.79 Å². The van der Waals surface area contributed by atoms with Gasteiger partial charge in [0.1, 0.15) is 5.60 Å². The maximum Gasteiger partial charge on any atom is 0.407 e. The van der Waals surface area contributed by atoms with Crippen LogP contribution in [0.1, 0.15) is 40.0 Å². The largest absolute Gasteiger partial charge is 0.469 e. The molecule has 0 fully saturated rings. The molecule has 0 heterocycles. The van der Waals surface area contributed by atoms with Crippen LogP contribution < -0.4 is 5.32 Å². The van der Waals surface area contributed by atoms with E-state index in [2.05, 4.69) is 15.0 Å². The van der Waals surface area contributed by atoms with Crippen molar-refractivity contribution in [3.8, 4) is 0 Å². The van der Waals surface area contributed by atoms with Crippen LogP contribution in [0.5, 0.6) is 0 Å². The highest BCUT2D eigenvalue weighted by Gasteiger charge is 2.15. The van der Waals surface area contributed by atoms with Gasteiger partial charge in [-0.3, -0.25) is 4.79 Å². The Kier molecular flexibility index (Phi) is 8.96. The Bertz CT molecular complexity index is 300. The van der Waals surface area contributed by atoms with Gasteiger partial charge in [0.2, 0.25) is 0 Å². The fourth-order valence-corrected chi connectivity index (χ4v) is 1.56. The lowest BCUT2D eigenvalue weighted by molar-refractivity contribution is -0.140. The van der Waals surface area contributed by atoms with Crippen LogP contribution in [0.3, 0.4) is 0 Å². The maximum atomic E-state index is 11.4. The zero-order chi connectivity index (χ0) is 15.6. The molecule has 1 amide bonds. The third kappa shape index (κ3) is 11.8. The third-order valence-corrected chi connectivity index (χ3v) is 2.53. The van der Waals surface area contributed by atoms with Crippen molar-refractivity contribution in [2.75, 3.05) is 33.8 Å². The van der Waals surface area contributed by atoms with E-state index in [-0.39, 0.29) is 12.1 Å². The highest BCUT2D eigenvalue weighted by Crippen LogP contribution is 2.06. The molecule has 0 atom stereocenters. The minimum atomic E-state index is -0.464. The van der Waals surface area contributed by atoms with Crippen molar-refractivity contribution in [2.45, 2.75) is 45.6 Å². The van der Waals surface area contributed by atoms with Crippen LogP contribution in [0.2, 0.25) is 0 Å². The molecule has 0 bridgehead atoms. The smallest absolute Gasteiger partial charge is 0.407 e. The molecule has 0 spiro atoms. The number of hydrogen-bond acceptors (Lipinski definition) is 5. The summed E-state index contributed by atoms with van der Waals surface area (Å²) in [6.45, 7) is 7.78. The quantitative estimate of drug-likeness (QED) is 0.545. The van der Waals surface area contributed by atoms with Crippen molar-refractivity contribution in [3.05, 3.63) is 0 Å². The standard InChI is InChI=1S/C14H28N2O4/c1-14(2,3)20-13(18)15-9-7-11-16(4)10-6-8-12(17)19-5/h6-11H2,1-5H3,(H,15,18). The Labute approximate surface area is 121 Å². The topological polar surface area (TPSA) is 67.9 Å². The van der Waals surface area contributed by atoms with E-state index in [0.29, 0.717) is 13.0 Å². The number of rotatable bonds is 8. The first kappa shape index (κ1) is 18.7. The Morgan fingerprint density at radius 3 is 2.30 bits per heavy atom. The molecule has 0 rings (SSSR count). The van der Waals surface area contributed by atoms with Crippen LogP contribution >= 0.6 is 0 Å². The molecular formula is C14H28N2O4. The van der Waals surface area contributed by atoms with E-state index in [9.17, 15) is 9.59 Å². The van der Waals surface area contributed by atoms with E-state index in [4.69, 9.17) is 4.74 Å². The number of nitrogens with zero attached hydrogens (tertiary/aromatic N) is 1. The molecule has 118 valence electrons. The fraction of sp³-hybridized carbons (Fsp3) is 0.857. The molecule has 20 heavy (non-hydrogen) atoms. The van der Waals surface area contributed by atoms with E-state index < -0.39 is 5.60 Å². The molecule has 0 aromatic rings. The van der Waals surface area contributed by atoms with E-state index >= 15 is 0 Å². The van der Waals surface area contributed by atoms with Gasteiger partial charge in [0.15, 0.2) is 0 Å².